The van der Waals surface area contributed by atoms with Gasteiger partial charge in [-0.3, -0.25) is 0 Å². The summed E-state index contributed by atoms with van der Waals surface area (Å²) < 4.78 is 16.0. The molecular formula is C20H20FN3. The van der Waals surface area contributed by atoms with E-state index in [9.17, 15) is 4.39 Å². The van der Waals surface area contributed by atoms with Gasteiger partial charge in [0.05, 0.1) is 11.4 Å². The predicted octanol–water partition coefficient (Wildman–Crippen LogP) is 4.19. The number of hydrogen-bond acceptors (Lipinski definition) is 2. The Bertz CT molecular complexity index is 911. The van der Waals surface area contributed by atoms with Crippen LogP contribution in [0.2, 0.25) is 0 Å². The molecule has 1 aliphatic rings. The molecule has 0 bridgehead atoms. The summed E-state index contributed by atoms with van der Waals surface area (Å²) in [4.78, 5) is 0. The molecule has 0 amide bonds. The fourth-order valence-corrected chi connectivity index (χ4v) is 3.43. The van der Waals surface area contributed by atoms with E-state index < -0.39 is 0 Å². The molecule has 0 fully saturated rings. The highest BCUT2D eigenvalue weighted by Gasteiger charge is 2.24. The van der Waals surface area contributed by atoms with Crippen LogP contribution in [0.4, 0.5) is 10.2 Å². The van der Waals surface area contributed by atoms with E-state index in [0.717, 1.165) is 30.2 Å². The zero-order valence-electron chi connectivity index (χ0n) is 13.9. The van der Waals surface area contributed by atoms with Crippen LogP contribution in [-0.4, -0.2) is 16.3 Å². The molecule has 3 nitrogen and oxygen atoms in total. The van der Waals surface area contributed by atoms with Gasteiger partial charge < -0.3 is 5.32 Å². The summed E-state index contributed by atoms with van der Waals surface area (Å²) in [6.45, 7) is 5.09. The Morgan fingerprint density at radius 3 is 2.79 bits per heavy atom. The van der Waals surface area contributed by atoms with E-state index in [1.165, 1.54) is 22.8 Å². The molecule has 0 aliphatic carbocycles. The van der Waals surface area contributed by atoms with Gasteiger partial charge in [-0.25, -0.2) is 9.07 Å². The van der Waals surface area contributed by atoms with Crippen LogP contribution in [-0.2, 0) is 12.8 Å². The Morgan fingerprint density at radius 1 is 1.17 bits per heavy atom. The minimum absolute atomic E-state index is 0.168. The Morgan fingerprint density at radius 2 is 2.00 bits per heavy atom. The van der Waals surface area contributed by atoms with Crippen molar-refractivity contribution in [2.75, 3.05) is 11.9 Å². The number of benzene rings is 2. The average Bonchev–Trinajstić information content (AvgIpc) is 3.14. The summed E-state index contributed by atoms with van der Waals surface area (Å²) in [6.07, 6.45) is 1.46. The lowest BCUT2D eigenvalue weighted by molar-refractivity contribution is 0.612. The predicted molar refractivity (Wildman–Crippen MR) is 94.4 cm³/mol. The van der Waals surface area contributed by atoms with Crippen molar-refractivity contribution in [1.29, 1.82) is 0 Å². The molecule has 0 saturated carbocycles. The largest absolute Gasteiger partial charge is 0.369 e. The smallest absolute Gasteiger partial charge is 0.133 e. The van der Waals surface area contributed by atoms with Gasteiger partial charge in [-0.15, -0.1) is 0 Å². The monoisotopic (exact) mass is 321 g/mol. The maximum atomic E-state index is 14.0. The number of halogens is 1. The van der Waals surface area contributed by atoms with E-state index in [1.54, 1.807) is 6.07 Å². The van der Waals surface area contributed by atoms with Crippen molar-refractivity contribution in [2.45, 2.75) is 26.7 Å². The first-order chi connectivity index (χ1) is 11.6. The number of fused-ring (bicyclic) bond motifs is 1. The molecule has 2 aromatic carbocycles. The number of aryl methyl sites for hydroxylation is 2. The van der Waals surface area contributed by atoms with Gasteiger partial charge in [-0.2, -0.15) is 5.10 Å². The third kappa shape index (κ3) is 2.48. The minimum atomic E-state index is -0.168. The zero-order valence-corrected chi connectivity index (χ0v) is 13.9. The van der Waals surface area contributed by atoms with Gasteiger partial charge in [-0.05, 0) is 43.5 Å². The molecule has 0 unspecified atom stereocenters. The number of anilines is 1. The SMILES string of the molecule is Cc1ccc(-n2nc(Cc3ccccc3F)c3c2NCC3)c(C)c1. The van der Waals surface area contributed by atoms with Crippen molar-refractivity contribution >= 4 is 5.82 Å². The molecule has 1 aromatic heterocycles. The molecule has 1 N–H and O–H groups in total. The van der Waals surface area contributed by atoms with Crippen LogP contribution in [0.3, 0.4) is 0 Å². The van der Waals surface area contributed by atoms with Gasteiger partial charge in [0.15, 0.2) is 0 Å². The Hall–Kier alpha value is -2.62. The highest BCUT2D eigenvalue weighted by Crippen LogP contribution is 2.31. The highest BCUT2D eigenvalue weighted by molar-refractivity contribution is 5.59. The Balaban J connectivity index is 1.79. The maximum Gasteiger partial charge on any atom is 0.133 e. The lowest BCUT2D eigenvalue weighted by Crippen LogP contribution is -2.06. The summed E-state index contributed by atoms with van der Waals surface area (Å²) in [5.74, 6) is 0.881. The Kier molecular flexibility index (Phi) is 3.60. The van der Waals surface area contributed by atoms with Crippen LogP contribution in [0.5, 0.6) is 0 Å². The van der Waals surface area contributed by atoms with E-state index in [-0.39, 0.29) is 5.82 Å². The molecule has 0 radical (unpaired) electrons. The number of hydrogen-bond donors (Lipinski definition) is 1. The van der Waals surface area contributed by atoms with Crippen LogP contribution in [0.25, 0.3) is 5.69 Å². The minimum Gasteiger partial charge on any atom is -0.369 e. The van der Waals surface area contributed by atoms with E-state index in [0.29, 0.717) is 12.0 Å². The van der Waals surface area contributed by atoms with Crippen molar-refractivity contribution < 1.29 is 4.39 Å². The van der Waals surface area contributed by atoms with E-state index in [1.807, 2.05) is 16.8 Å². The van der Waals surface area contributed by atoms with Crippen LogP contribution < -0.4 is 5.32 Å². The Labute approximate surface area is 141 Å². The standard InChI is InChI=1S/C20H20FN3/c1-13-7-8-19(14(2)11-13)24-20-16(9-10-22-20)18(23-24)12-15-5-3-4-6-17(15)21/h3-8,11,22H,9-10,12H2,1-2H3. The second-order valence-corrected chi connectivity index (χ2v) is 6.42. The molecule has 0 saturated heterocycles. The molecule has 0 atom stereocenters. The molecule has 4 rings (SSSR count). The first-order valence-electron chi connectivity index (χ1n) is 8.29. The molecule has 122 valence electrons. The zero-order chi connectivity index (χ0) is 16.7. The van der Waals surface area contributed by atoms with Gasteiger partial charge >= 0.3 is 0 Å². The van der Waals surface area contributed by atoms with Crippen molar-refractivity contribution in [2.24, 2.45) is 0 Å². The number of aromatic nitrogens is 2. The number of nitrogens with zero attached hydrogens (tertiary/aromatic N) is 2. The number of rotatable bonds is 3. The maximum absolute atomic E-state index is 14.0. The van der Waals surface area contributed by atoms with Crippen LogP contribution in [0, 0.1) is 19.7 Å². The van der Waals surface area contributed by atoms with Gasteiger partial charge in [-0.1, -0.05) is 35.9 Å². The summed E-state index contributed by atoms with van der Waals surface area (Å²) in [7, 11) is 0. The molecule has 1 aliphatic heterocycles. The topological polar surface area (TPSA) is 29.9 Å². The summed E-state index contributed by atoms with van der Waals surface area (Å²) in [5.41, 5.74) is 6.35. The first-order valence-corrected chi connectivity index (χ1v) is 8.29. The van der Waals surface area contributed by atoms with Gasteiger partial charge in [0.25, 0.3) is 0 Å². The quantitative estimate of drug-likeness (QED) is 0.784. The average molecular weight is 321 g/mol. The second kappa shape index (κ2) is 5.78. The second-order valence-electron chi connectivity index (χ2n) is 6.42. The summed E-state index contributed by atoms with van der Waals surface area (Å²) in [6, 6.07) is 13.3. The fraction of sp³-hybridized carbons (Fsp3) is 0.250. The molecule has 24 heavy (non-hydrogen) atoms. The fourth-order valence-electron chi connectivity index (χ4n) is 3.43. The molecule has 0 spiro atoms. The van der Waals surface area contributed by atoms with Gasteiger partial charge in [0, 0.05) is 18.5 Å². The third-order valence-electron chi connectivity index (χ3n) is 4.63. The van der Waals surface area contributed by atoms with Crippen LogP contribution >= 0.6 is 0 Å². The van der Waals surface area contributed by atoms with Crippen LogP contribution in [0.15, 0.2) is 42.5 Å². The molecular weight excluding hydrogens is 301 g/mol. The molecule has 3 aromatic rings. The van der Waals surface area contributed by atoms with Gasteiger partial charge in [0.2, 0.25) is 0 Å². The summed E-state index contributed by atoms with van der Waals surface area (Å²) >= 11 is 0. The van der Waals surface area contributed by atoms with E-state index in [4.69, 9.17) is 5.10 Å². The van der Waals surface area contributed by atoms with Crippen molar-refractivity contribution in [3.8, 4) is 5.69 Å². The van der Waals surface area contributed by atoms with Crippen molar-refractivity contribution in [1.82, 2.24) is 9.78 Å². The lowest BCUT2D eigenvalue weighted by Gasteiger charge is -2.10. The van der Waals surface area contributed by atoms with Gasteiger partial charge in [0.1, 0.15) is 11.6 Å². The van der Waals surface area contributed by atoms with Crippen LogP contribution in [0.1, 0.15) is 27.9 Å². The third-order valence-corrected chi connectivity index (χ3v) is 4.63. The molecule has 2 heterocycles. The summed E-state index contributed by atoms with van der Waals surface area (Å²) in [5, 5.41) is 8.25. The molecule has 4 heteroatoms. The normalized spacial score (nSPS) is 13.0. The lowest BCUT2D eigenvalue weighted by atomic mass is 10.1. The first kappa shape index (κ1) is 14.9. The number of nitrogens with one attached hydrogen (secondary N) is 1. The highest BCUT2D eigenvalue weighted by atomic mass is 19.1. The van der Waals surface area contributed by atoms with E-state index >= 15 is 0 Å². The van der Waals surface area contributed by atoms with E-state index in [2.05, 4.69) is 37.4 Å². The van der Waals surface area contributed by atoms with Crippen molar-refractivity contribution in [3.05, 3.63) is 76.2 Å². The van der Waals surface area contributed by atoms with Crippen molar-refractivity contribution in [3.63, 3.8) is 0 Å².